The second-order valence-corrected chi connectivity index (χ2v) is 7.26. The maximum absolute atomic E-state index is 12.0. The lowest BCUT2D eigenvalue weighted by Gasteiger charge is -2.15. The molecule has 3 nitrogen and oxygen atoms in total. The molecular formula is C16H20N2OS2. The summed E-state index contributed by atoms with van der Waals surface area (Å²) in [5.74, 6) is 0.445. The number of thioether (sulfide) groups is 1. The van der Waals surface area contributed by atoms with Crippen LogP contribution < -0.4 is 5.32 Å². The van der Waals surface area contributed by atoms with Crippen molar-refractivity contribution in [1.82, 2.24) is 10.3 Å². The highest BCUT2D eigenvalue weighted by atomic mass is 32.2. The van der Waals surface area contributed by atoms with Crippen molar-refractivity contribution in [3.63, 3.8) is 0 Å². The third-order valence-corrected chi connectivity index (χ3v) is 5.47. The zero-order chi connectivity index (χ0) is 15.4. The molecule has 0 saturated heterocycles. The van der Waals surface area contributed by atoms with Gasteiger partial charge in [-0.25, -0.2) is 4.98 Å². The van der Waals surface area contributed by atoms with Crippen molar-refractivity contribution >= 4 is 29.0 Å². The van der Waals surface area contributed by atoms with Crippen LogP contribution in [0.15, 0.2) is 27.9 Å². The van der Waals surface area contributed by atoms with Crippen LogP contribution >= 0.6 is 23.1 Å². The topological polar surface area (TPSA) is 42.0 Å². The highest BCUT2D eigenvalue weighted by Gasteiger charge is 2.11. The summed E-state index contributed by atoms with van der Waals surface area (Å²) in [7, 11) is 0. The molecule has 5 heteroatoms. The van der Waals surface area contributed by atoms with Crippen LogP contribution in [0.25, 0.3) is 0 Å². The molecule has 21 heavy (non-hydrogen) atoms. The Bertz CT molecular complexity index is 637. The molecule has 1 aromatic carbocycles. The van der Waals surface area contributed by atoms with E-state index >= 15 is 0 Å². The molecular weight excluding hydrogens is 300 g/mol. The van der Waals surface area contributed by atoms with Crippen LogP contribution in [0, 0.1) is 20.8 Å². The number of aromatic nitrogens is 1. The van der Waals surface area contributed by atoms with E-state index in [1.165, 1.54) is 22.9 Å². The number of nitrogens with zero attached hydrogens (tertiary/aromatic N) is 1. The number of carbonyl (C=O) groups excluding carboxylic acids is 1. The summed E-state index contributed by atoms with van der Waals surface area (Å²) in [5.41, 5.74) is 4.67. The number of nitrogens with one attached hydrogen (secondary N) is 1. The fraction of sp³-hybridized carbons (Fsp3) is 0.375. The van der Waals surface area contributed by atoms with Gasteiger partial charge >= 0.3 is 0 Å². The normalized spacial score (nSPS) is 12.2. The van der Waals surface area contributed by atoms with Gasteiger partial charge in [-0.15, -0.1) is 11.3 Å². The minimum atomic E-state index is 0.0235. The van der Waals surface area contributed by atoms with Crippen molar-refractivity contribution < 1.29 is 4.79 Å². The van der Waals surface area contributed by atoms with Crippen LogP contribution in [0.1, 0.15) is 35.3 Å². The van der Waals surface area contributed by atoms with E-state index in [1.54, 1.807) is 11.3 Å². The van der Waals surface area contributed by atoms with Gasteiger partial charge in [-0.05, 0) is 44.4 Å². The molecule has 0 aliphatic carbocycles. The molecule has 1 N–H and O–H groups in total. The molecule has 0 radical (unpaired) electrons. The first-order valence-electron chi connectivity index (χ1n) is 6.87. The number of benzene rings is 1. The SMILES string of the molecule is Cc1csc(SCC(=O)N[C@@H](C)c2ccc(C)c(C)c2)n1. The maximum atomic E-state index is 12.0. The zero-order valence-corrected chi connectivity index (χ0v) is 14.4. The summed E-state index contributed by atoms with van der Waals surface area (Å²) in [6, 6.07) is 6.33. The fourth-order valence-corrected chi connectivity index (χ4v) is 3.59. The number of amides is 1. The van der Waals surface area contributed by atoms with E-state index in [2.05, 4.69) is 42.3 Å². The summed E-state index contributed by atoms with van der Waals surface area (Å²) in [5, 5.41) is 5.03. The molecule has 0 aliphatic rings. The molecule has 1 heterocycles. The summed E-state index contributed by atoms with van der Waals surface area (Å²) in [4.78, 5) is 16.3. The lowest BCUT2D eigenvalue weighted by atomic mass is 10.0. The van der Waals surface area contributed by atoms with Crippen LogP contribution in [0.3, 0.4) is 0 Å². The number of carbonyl (C=O) groups is 1. The molecule has 1 amide bonds. The van der Waals surface area contributed by atoms with Gasteiger partial charge in [0.1, 0.15) is 0 Å². The summed E-state index contributed by atoms with van der Waals surface area (Å²) in [6.07, 6.45) is 0. The Balaban J connectivity index is 1.88. The summed E-state index contributed by atoms with van der Waals surface area (Å²) < 4.78 is 0.946. The van der Waals surface area contributed by atoms with Crippen LogP contribution in [0.2, 0.25) is 0 Å². The minimum absolute atomic E-state index is 0.0235. The number of hydrogen-bond donors (Lipinski definition) is 1. The van der Waals surface area contributed by atoms with Gasteiger partial charge in [-0.1, -0.05) is 30.0 Å². The molecule has 112 valence electrons. The zero-order valence-electron chi connectivity index (χ0n) is 12.8. The predicted molar refractivity (Wildman–Crippen MR) is 90.0 cm³/mol. The molecule has 0 unspecified atom stereocenters. The number of thiazole rings is 1. The Hall–Kier alpha value is -1.33. The van der Waals surface area contributed by atoms with Gasteiger partial charge in [-0.2, -0.15) is 0 Å². The van der Waals surface area contributed by atoms with Gasteiger partial charge in [-0.3, -0.25) is 4.79 Å². The van der Waals surface area contributed by atoms with Crippen molar-refractivity contribution in [1.29, 1.82) is 0 Å². The number of rotatable bonds is 5. The predicted octanol–water partition coefficient (Wildman–Crippen LogP) is 4.04. The van der Waals surface area contributed by atoms with Crippen LogP contribution in [-0.2, 0) is 4.79 Å². The second kappa shape index (κ2) is 7.09. The molecule has 2 aromatic rings. The lowest BCUT2D eigenvalue weighted by molar-refractivity contribution is -0.119. The Labute approximate surface area is 134 Å². The monoisotopic (exact) mass is 320 g/mol. The van der Waals surface area contributed by atoms with Crippen molar-refractivity contribution in [3.05, 3.63) is 46.0 Å². The van der Waals surface area contributed by atoms with E-state index in [-0.39, 0.29) is 11.9 Å². The van der Waals surface area contributed by atoms with E-state index < -0.39 is 0 Å². The molecule has 2 rings (SSSR count). The maximum Gasteiger partial charge on any atom is 0.230 e. The van der Waals surface area contributed by atoms with E-state index in [1.807, 2.05) is 19.2 Å². The largest absolute Gasteiger partial charge is 0.349 e. The van der Waals surface area contributed by atoms with Gasteiger partial charge in [0, 0.05) is 11.1 Å². The van der Waals surface area contributed by atoms with E-state index in [0.717, 1.165) is 15.6 Å². The third kappa shape index (κ3) is 4.58. The summed E-state index contributed by atoms with van der Waals surface area (Å²) in [6.45, 7) is 8.16. The number of aryl methyl sites for hydroxylation is 3. The minimum Gasteiger partial charge on any atom is -0.349 e. The third-order valence-electron chi connectivity index (χ3n) is 3.33. The average molecular weight is 320 g/mol. The smallest absolute Gasteiger partial charge is 0.230 e. The highest BCUT2D eigenvalue weighted by molar-refractivity contribution is 8.01. The molecule has 0 spiro atoms. The Kier molecular flexibility index (Phi) is 5.42. The summed E-state index contributed by atoms with van der Waals surface area (Å²) >= 11 is 3.07. The standard InChI is InChI=1S/C16H20N2OS2/c1-10-5-6-14(7-11(10)2)13(4)18-15(19)9-21-16-17-12(3)8-20-16/h5-8,13H,9H2,1-4H3,(H,18,19)/t13-/m0/s1. The van der Waals surface area contributed by atoms with E-state index in [4.69, 9.17) is 0 Å². The Morgan fingerprint density at radius 3 is 2.71 bits per heavy atom. The molecule has 1 aromatic heterocycles. The Morgan fingerprint density at radius 1 is 1.33 bits per heavy atom. The van der Waals surface area contributed by atoms with Crippen molar-refractivity contribution in [2.45, 2.75) is 38.1 Å². The van der Waals surface area contributed by atoms with Crippen molar-refractivity contribution in [2.75, 3.05) is 5.75 Å². The number of hydrogen-bond acceptors (Lipinski definition) is 4. The molecule has 0 bridgehead atoms. The van der Waals surface area contributed by atoms with Gasteiger partial charge in [0.25, 0.3) is 0 Å². The Morgan fingerprint density at radius 2 is 2.10 bits per heavy atom. The van der Waals surface area contributed by atoms with Crippen LogP contribution in [0.5, 0.6) is 0 Å². The molecule has 1 atom stereocenters. The van der Waals surface area contributed by atoms with E-state index in [9.17, 15) is 4.79 Å². The van der Waals surface area contributed by atoms with Gasteiger partial charge in [0.05, 0.1) is 11.8 Å². The molecule has 0 saturated carbocycles. The fourth-order valence-electron chi connectivity index (χ4n) is 1.93. The second-order valence-electron chi connectivity index (χ2n) is 5.18. The average Bonchev–Trinajstić information content (AvgIpc) is 2.85. The van der Waals surface area contributed by atoms with Crippen LogP contribution in [-0.4, -0.2) is 16.6 Å². The quantitative estimate of drug-likeness (QED) is 0.846. The first-order chi connectivity index (χ1) is 9.95. The molecule has 0 fully saturated rings. The van der Waals surface area contributed by atoms with Crippen molar-refractivity contribution in [3.8, 4) is 0 Å². The highest BCUT2D eigenvalue weighted by Crippen LogP contribution is 2.22. The molecule has 0 aliphatic heterocycles. The first-order valence-corrected chi connectivity index (χ1v) is 8.73. The van der Waals surface area contributed by atoms with Gasteiger partial charge in [0.15, 0.2) is 4.34 Å². The van der Waals surface area contributed by atoms with E-state index in [0.29, 0.717) is 5.75 Å². The lowest BCUT2D eigenvalue weighted by Crippen LogP contribution is -2.28. The van der Waals surface area contributed by atoms with Gasteiger partial charge < -0.3 is 5.32 Å². The van der Waals surface area contributed by atoms with Crippen molar-refractivity contribution in [2.24, 2.45) is 0 Å². The van der Waals surface area contributed by atoms with Gasteiger partial charge in [0.2, 0.25) is 5.91 Å². The first kappa shape index (κ1) is 16.0. The van der Waals surface area contributed by atoms with Crippen LogP contribution in [0.4, 0.5) is 0 Å².